The minimum absolute atomic E-state index is 0.167. The summed E-state index contributed by atoms with van der Waals surface area (Å²) >= 11 is 0. The maximum absolute atomic E-state index is 9.16. The second kappa shape index (κ2) is 5.28. The summed E-state index contributed by atoms with van der Waals surface area (Å²) in [6, 6.07) is 8.24. The average Bonchev–Trinajstić information content (AvgIpc) is 2.25. The zero-order valence-electron chi connectivity index (χ0n) is 10.2. The van der Waals surface area contributed by atoms with E-state index in [4.69, 9.17) is 9.84 Å². The summed E-state index contributed by atoms with van der Waals surface area (Å²) < 4.78 is 5.14. The Kier molecular flexibility index (Phi) is 4.27. The van der Waals surface area contributed by atoms with Gasteiger partial charge >= 0.3 is 0 Å². The molecular formula is C14H20O2. The van der Waals surface area contributed by atoms with Gasteiger partial charge in [0.05, 0.1) is 6.61 Å². The van der Waals surface area contributed by atoms with E-state index in [9.17, 15) is 0 Å². The van der Waals surface area contributed by atoms with E-state index in [-0.39, 0.29) is 5.41 Å². The van der Waals surface area contributed by atoms with Crippen LogP contribution in [0.3, 0.4) is 0 Å². The Balaban J connectivity index is 2.62. The van der Waals surface area contributed by atoms with Crippen LogP contribution in [0.15, 0.2) is 36.9 Å². The Labute approximate surface area is 97.6 Å². The van der Waals surface area contributed by atoms with Crippen molar-refractivity contribution < 1.29 is 9.84 Å². The van der Waals surface area contributed by atoms with E-state index in [0.29, 0.717) is 6.61 Å². The van der Waals surface area contributed by atoms with Gasteiger partial charge < -0.3 is 9.84 Å². The van der Waals surface area contributed by atoms with Gasteiger partial charge in [-0.15, -0.1) is 0 Å². The van der Waals surface area contributed by atoms with Crippen LogP contribution in [0, 0.1) is 0 Å². The van der Waals surface area contributed by atoms with Crippen LogP contribution in [0.5, 0.6) is 0 Å². The lowest BCUT2D eigenvalue weighted by Crippen LogP contribution is -2.11. The number of aliphatic hydroxyl groups is 1. The van der Waals surface area contributed by atoms with Crippen molar-refractivity contribution in [2.45, 2.75) is 39.1 Å². The summed E-state index contributed by atoms with van der Waals surface area (Å²) in [5.74, 6) is 0. The van der Waals surface area contributed by atoms with Gasteiger partial charge in [-0.2, -0.15) is 0 Å². The standard InChI is InChI=1S/C14H20O2/c1-5-13(15)16-10-11-6-8-12(9-7-11)14(2,3)4/h5-9,13,15H,1,10H2,2-4H3. The second-order valence-electron chi connectivity index (χ2n) is 4.88. The fourth-order valence-corrected chi connectivity index (χ4v) is 1.35. The maximum atomic E-state index is 9.16. The molecule has 1 aromatic carbocycles. The first kappa shape index (κ1) is 12.9. The van der Waals surface area contributed by atoms with Gasteiger partial charge in [-0.3, -0.25) is 0 Å². The topological polar surface area (TPSA) is 29.5 Å². The summed E-state index contributed by atoms with van der Waals surface area (Å²) in [4.78, 5) is 0. The molecule has 0 spiro atoms. The monoisotopic (exact) mass is 220 g/mol. The van der Waals surface area contributed by atoms with Crippen molar-refractivity contribution in [2.75, 3.05) is 0 Å². The van der Waals surface area contributed by atoms with Crippen LogP contribution in [-0.4, -0.2) is 11.4 Å². The molecule has 0 fully saturated rings. The lowest BCUT2D eigenvalue weighted by atomic mass is 9.87. The lowest BCUT2D eigenvalue weighted by molar-refractivity contribution is -0.0730. The molecular weight excluding hydrogens is 200 g/mol. The van der Waals surface area contributed by atoms with Crippen LogP contribution in [0.2, 0.25) is 0 Å². The third-order valence-corrected chi connectivity index (χ3v) is 2.44. The van der Waals surface area contributed by atoms with E-state index < -0.39 is 6.29 Å². The van der Waals surface area contributed by atoms with Crippen molar-refractivity contribution in [3.63, 3.8) is 0 Å². The van der Waals surface area contributed by atoms with Crippen molar-refractivity contribution in [1.29, 1.82) is 0 Å². The normalized spacial score (nSPS) is 13.5. The van der Waals surface area contributed by atoms with Gasteiger partial charge in [0.2, 0.25) is 0 Å². The van der Waals surface area contributed by atoms with Crippen molar-refractivity contribution in [3.05, 3.63) is 48.0 Å². The fraction of sp³-hybridized carbons (Fsp3) is 0.429. The molecule has 1 N–H and O–H groups in total. The number of rotatable bonds is 4. The molecule has 1 atom stereocenters. The largest absolute Gasteiger partial charge is 0.365 e. The van der Waals surface area contributed by atoms with Crippen LogP contribution >= 0.6 is 0 Å². The molecule has 1 aromatic rings. The average molecular weight is 220 g/mol. The number of aliphatic hydroxyl groups excluding tert-OH is 1. The third kappa shape index (κ3) is 3.80. The van der Waals surface area contributed by atoms with Crippen molar-refractivity contribution in [3.8, 4) is 0 Å². The summed E-state index contributed by atoms with van der Waals surface area (Å²) in [7, 11) is 0. The van der Waals surface area contributed by atoms with Crippen molar-refractivity contribution in [2.24, 2.45) is 0 Å². The maximum Gasteiger partial charge on any atom is 0.174 e. The first-order valence-electron chi connectivity index (χ1n) is 5.45. The molecule has 0 heterocycles. The molecule has 0 aromatic heterocycles. The highest BCUT2D eigenvalue weighted by molar-refractivity contribution is 5.27. The van der Waals surface area contributed by atoms with Crippen LogP contribution in [-0.2, 0) is 16.8 Å². The predicted octanol–water partition coefficient (Wildman–Crippen LogP) is 3.01. The Bertz CT molecular complexity index is 333. The molecule has 2 heteroatoms. The van der Waals surface area contributed by atoms with Crippen molar-refractivity contribution >= 4 is 0 Å². The fourth-order valence-electron chi connectivity index (χ4n) is 1.35. The molecule has 1 rings (SSSR count). The smallest absolute Gasteiger partial charge is 0.174 e. The van der Waals surface area contributed by atoms with E-state index >= 15 is 0 Å². The van der Waals surface area contributed by atoms with E-state index in [1.54, 1.807) is 0 Å². The molecule has 0 amide bonds. The molecule has 0 aliphatic carbocycles. The molecule has 0 radical (unpaired) electrons. The molecule has 0 aliphatic heterocycles. The predicted molar refractivity (Wildman–Crippen MR) is 66.1 cm³/mol. The molecule has 1 unspecified atom stereocenters. The summed E-state index contributed by atoms with van der Waals surface area (Å²) in [6.45, 7) is 10.4. The SMILES string of the molecule is C=CC(O)OCc1ccc(C(C)(C)C)cc1. The Morgan fingerprint density at radius 1 is 1.31 bits per heavy atom. The quantitative estimate of drug-likeness (QED) is 0.624. The highest BCUT2D eigenvalue weighted by atomic mass is 16.6. The minimum atomic E-state index is -0.887. The van der Waals surface area contributed by atoms with Gasteiger partial charge in [0.15, 0.2) is 6.29 Å². The first-order valence-corrected chi connectivity index (χ1v) is 5.45. The van der Waals surface area contributed by atoms with Crippen LogP contribution in [0.4, 0.5) is 0 Å². The Morgan fingerprint density at radius 2 is 1.88 bits per heavy atom. The lowest BCUT2D eigenvalue weighted by Gasteiger charge is -2.19. The number of ether oxygens (including phenoxy) is 1. The van der Waals surface area contributed by atoms with E-state index in [2.05, 4.69) is 39.5 Å². The van der Waals surface area contributed by atoms with Crippen LogP contribution in [0.1, 0.15) is 31.9 Å². The molecule has 88 valence electrons. The molecule has 16 heavy (non-hydrogen) atoms. The third-order valence-electron chi connectivity index (χ3n) is 2.44. The van der Waals surface area contributed by atoms with Crippen LogP contribution < -0.4 is 0 Å². The van der Waals surface area contributed by atoms with Crippen LogP contribution in [0.25, 0.3) is 0 Å². The second-order valence-corrected chi connectivity index (χ2v) is 4.88. The van der Waals surface area contributed by atoms with Gasteiger partial charge in [0, 0.05) is 0 Å². The molecule has 0 bridgehead atoms. The zero-order valence-corrected chi connectivity index (χ0v) is 10.2. The first-order chi connectivity index (χ1) is 7.43. The van der Waals surface area contributed by atoms with Gasteiger partial charge in [-0.05, 0) is 22.6 Å². The molecule has 0 aliphatic rings. The molecule has 0 saturated heterocycles. The number of hydrogen-bond acceptors (Lipinski definition) is 2. The van der Waals surface area contributed by atoms with Gasteiger partial charge in [0.25, 0.3) is 0 Å². The van der Waals surface area contributed by atoms with E-state index in [1.807, 2.05) is 12.1 Å². The van der Waals surface area contributed by atoms with Gasteiger partial charge in [-0.1, -0.05) is 51.6 Å². The van der Waals surface area contributed by atoms with Crippen molar-refractivity contribution in [1.82, 2.24) is 0 Å². The van der Waals surface area contributed by atoms with Gasteiger partial charge in [0.1, 0.15) is 0 Å². The highest BCUT2D eigenvalue weighted by Gasteiger charge is 2.12. The summed E-state index contributed by atoms with van der Waals surface area (Å²) in [6.07, 6.45) is 0.478. The minimum Gasteiger partial charge on any atom is -0.365 e. The van der Waals surface area contributed by atoms with E-state index in [0.717, 1.165) is 5.56 Å². The highest BCUT2D eigenvalue weighted by Crippen LogP contribution is 2.22. The Hall–Kier alpha value is -1.12. The Morgan fingerprint density at radius 3 is 2.31 bits per heavy atom. The number of benzene rings is 1. The molecule has 2 nitrogen and oxygen atoms in total. The summed E-state index contributed by atoms with van der Waals surface area (Å²) in [5.41, 5.74) is 2.51. The molecule has 0 saturated carbocycles. The summed E-state index contributed by atoms with van der Waals surface area (Å²) in [5, 5.41) is 9.16. The van der Waals surface area contributed by atoms with E-state index in [1.165, 1.54) is 11.6 Å². The number of hydrogen-bond donors (Lipinski definition) is 1. The van der Waals surface area contributed by atoms with Gasteiger partial charge in [-0.25, -0.2) is 0 Å². The zero-order chi connectivity index (χ0) is 12.2.